The summed E-state index contributed by atoms with van der Waals surface area (Å²) in [6, 6.07) is 8.97. The van der Waals surface area contributed by atoms with Gasteiger partial charge in [-0.3, -0.25) is 4.79 Å². The number of hydrogen-bond acceptors (Lipinski definition) is 5. The van der Waals surface area contributed by atoms with Gasteiger partial charge in [-0.15, -0.1) is 0 Å². The van der Waals surface area contributed by atoms with Crippen LogP contribution in [-0.2, 0) is 22.4 Å². The molecular formula is C25H32N2O4. The quantitative estimate of drug-likeness (QED) is 0.751. The fraction of sp³-hybridized carbons (Fsp3) is 0.560. The van der Waals surface area contributed by atoms with Gasteiger partial charge < -0.3 is 23.7 Å². The number of pyridine rings is 1. The number of piperidine rings is 1. The molecule has 166 valence electrons. The second kappa shape index (κ2) is 8.67. The summed E-state index contributed by atoms with van der Waals surface area (Å²) in [5.41, 5.74) is 5.56. The number of hydrogen-bond donors (Lipinski definition) is 0. The molecule has 2 aromatic rings. The second-order valence-electron chi connectivity index (χ2n) is 8.98. The lowest BCUT2D eigenvalue weighted by atomic mass is 9.93. The minimum Gasteiger partial charge on any atom is -0.476 e. The van der Waals surface area contributed by atoms with E-state index in [1.54, 1.807) is 6.07 Å². The van der Waals surface area contributed by atoms with Crippen molar-refractivity contribution in [1.82, 2.24) is 4.57 Å². The first kappa shape index (κ1) is 20.6. The molecule has 1 unspecified atom stereocenters. The van der Waals surface area contributed by atoms with E-state index in [-0.39, 0.29) is 11.5 Å². The van der Waals surface area contributed by atoms with Crippen molar-refractivity contribution in [1.29, 1.82) is 0 Å². The van der Waals surface area contributed by atoms with E-state index in [1.165, 1.54) is 30.5 Å². The van der Waals surface area contributed by atoms with Crippen LogP contribution in [0.4, 0.5) is 5.69 Å². The van der Waals surface area contributed by atoms with Crippen molar-refractivity contribution >= 4 is 5.69 Å². The highest BCUT2D eigenvalue weighted by molar-refractivity contribution is 5.72. The molecule has 0 spiro atoms. The first-order valence-corrected chi connectivity index (χ1v) is 11.6. The SMILES string of the molecule is Cc1c2n(c(OC[C@@H]3COCCO3)cc1=O)CCc1cc(N3CCCCC3C)ccc1-2. The first-order valence-electron chi connectivity index (χ1n) is 11.6. The van der Waals surface area contributed by atoms with E-state index in [1.807, 2.05) is 6.92 Å². The van der Waals surface area contributed by atoms with Gasteiger partial charge in [-0.25, -0.2) is 0 Å². The maximum absolute atomic E-state index is 12.8. The molecule has 1 aromatic carbocycles. The monoisotopic (exact) mass is 424 g/mol. The third-order valence-corrected chi connectivity index (χ3v) is 6.90. The highest BCUT2D eigenvalue weighted by Gasteiger charge is 2.25. The van der Waals surface area contributed by atoms with Crippen LogP contribution >= 0.6 is 0 Å². The summed E-state index contributed by atoms with van der Waals surface area (Å²) in [7, 11) is 0. The molecule has 4 heterocycles. The zero-order valence-electron chi connectivity index (χ0n) is 18.6. The zero-order valence-corrected chi connectivity index (χ0v) is 18.6. The Morgan fingerprint density at radius 1 is 1.16 bits per heavy atom. The number of anilines is 1. The molecule has 0 aliphatic carbocycles. The van der Waals surface area contributed by atoms with Gasteiger partial charge in [0, 0.05) is 42.0 Å². The predicted molar refractivity (Wildman–Crippen MR) is 121 cm³/mol. The van der Waals surface area contributed by atoms with E-state index in [0.29, 0.717) is 38.3 Å². The van der Waals surface area contributed by atoms with Crippen molar-refractivity contribution in [3.05, 3.63) is 45.6 Å². The number of fused-ring (bicyclic) bond motifs is 3. The van der Waals surface area contributed by atoms with Crippen LogP contribution in [0.2, 0.25) is 0 Å². The van der Waals surface area contributed by atoms with Crippen LogP contribution in [0.5, 0.6) is 5.88 Å². The molecule has 0 radical (unpaired) electrons. The fourth-order valence-corrected chi connectivity index (χ4v) is 5.14. The zero-order chi connectivity index (χ0) is 21.4. The standard InChI is InChI=1S/C25H32N2O4/c1-17-5-3-4-9-26(17)20-6-7-22-19(13-20)8-10-27-24(14-23(28)18(2)25(22)27)31-16-21-15-29-11-12-30-21/h6-7,13-14,17,21H,3-5,8-12,15-16H2,1-2H3/t17?,21-/m0/s1. The Morgan fingerprint density at radius 3 is 2.87 bits per heavy atom. The van der Waals surface area contributed by atoms with Crippen molar-refractivity contribution in [2.45, 2.75) is 58.2 Å². The molecule has 0 N–H and O–H groups in total. The summed E-state index contributed by atoms with van der Waals surface area (Å²) in [5.74, 6) is 0.624. The van der Waals surface area contributed by atoms with E-state index in [9.17, 15) is 4.79 Å². The van der Waals surface area contributed by atoms with Gasteiger partial charge in [0.25, 0.3) is 0 Å². The van der Waals surface area contributed by atoms with Gasteiger partial charge in [0.15, 0.2) is 11.3 Å². The highest BCUT2D eigenvalue weighted by Crippen LogP contribution is 2.37. The first-order chi connectivity index (χ1) is 15.1. The topological polar surface area (TPSA) is 52.9 Å². The van der Waals surface area contributed by atoms with Gasteiger partial charge in [-0.1, -0.05) is 6.07 Å². The average molecular weight is 425 g/mol. The Hall–Kier alpha value is -2.31. The number of ether oxygens (including phenoxy) is 3. The molecule has 1 aromatic heterocycles. The van der Waals surface area contributed by atoms with Crippen molar-refractivity contribution in [3.63, 3.8) is 0 Å². The smallest absolute Gasteiger partial charge is 0.197 e. The van der Waals surface area contributed by atoms with Crippen LogP contribution in [0, 0.1) is 6.92 Å². The number of rotatable bonds is 4. The lowest BCUT2D eigenvalue weighted by molar-refractivity contribution is -0.102. The van der Waals surface area contributed by atoms with Crippen LogP contribution in [0.25, 0.3) is 11.3 Å². The Labute approximate surface area is 183 Å². The second-order valence-corrected chi connectivity index (χ2v) is 8.98. The Balaban J connectivity index is 1.46. The van der Waals surface area contributed by atoms with Gasteiger partial charge in [-0.05, 0) is 57.2 Å². The summed E-state index contributed by atoms with van der Waals surface area (Å²) in [6.45, 7) is 8.31. The van der Waals surface area contributed by atoms with E-state index in [4.69, 9.17) is 14.2 Å². The maximum Gasteiger partial charge on any atom is 0.197 e. The molecule has 0 amide bonds. The minimum absolute atomic E-state index is 0.0173. The third-order valence-electron chi connectivity index (χ3n) is 6.90. The lowest BCUT2D eigenvalue weighted by Gasteiger charge is -2.36. The minimum atomic E-state index is -0.0913. The van der Waals surface area contributed by atoms with E-state index >= 15 is 0 Å². The van der Waals surface area contributed by atoms with Gasteiger partial charge in [0.05, 0.1) is 25.5 Å². The Kier molecular flexibility index (Phi) is 5.76. The molecule has 3 aliphatic rings. The molecule has 2 fully saturated rings. The van der Waals surface area contributed by atoms with E-state index in [0.717, 1.165) is 36.3 Å². The lowest BCUT2D eigenvalue weighted by Crippen LogP contribution is -2.37. The summed E-state index contributed by atoms with van der Waals surface area (Å²) in [6.07, 6.45) is 4.67. The highest BCUT2D eigenvalue weighted by atomic mass is 16.6. The summed E-state index contributed by atoms with van der Waals surface area (Å²) >= 11 is 0. The van der Waals surface area contributed by atoms with Crippen molar-refractivity contribution in [2.24, 2.45) is 0 Å². The molecule has 2 saturated heterocycles. The van der Waals surface area contributed by atoms with Crippen LogP contribution < -0.4 is 15.1 Å². The van der Waals surface area contributed by atoms with Gasteiger partial charge >= 0.3 is 0 Å². The van der Waals surface area contributed by atoms with Gasteiger partial charge in [-0.2, -0.15) is 0 Å². The number of aryl methyl sites for hydroxylation is 1. The van der Waals surface area contributed by atoms with Gasteiger partial charge in [0.2, 0.25) is 0 Å². The van der Waals surface area contributed by atoms with Crippen LogP contribution in [0.3, 0.4) is 0 Å². The number of aromatic nitrogens is 1. The van der Waals surface area contributed by atoms with Crippen LogP contribution in [0.15, 0.2) is 29.1 Å². The Morgan fingerprint density at radius 2 is 2.06 bits per heavy atom. The normalized spacial score (nSPS) is 23.2. The molecular weight excluding hydrogens is 392 g/mol. The summed E-state index contributed by atoms with van der Waals surface area (Å²) in [5, 5.41) is 0. The molecule has 2 atom stereocenters. The molecule has 6 nitrogen and oxygen atoms in total. The molecule has 5 rings (SSSR count). The van der Waals surface area contributed by atoms with Gasteiger partial charge in [0.1, 0.15) is 12.7 Å². The number of benzene rings is 1. The molecule has 0 saturated carbocycles. The molecule has 6 heteroatoms. The Bertz CT molecular complexity index is 1010. The fourth-order valence-electron chi connectivity index (χ4n) is 5.14. The largest absolute Gasteiger partial charge is 0.476 e. The van der Waals surface area contributed by atoms with E-state index in [2.05, 4.69) is 34.6 Å². The average Bonchev–Trinajstić information content (AvgIpc) is 2.80. The third kappa shape index (κ3) is 3.99. The predicted octanol–water partition coefficient (Wildman–Crippen LogP) is 3.55. The number of nitrogens with zero attached hydrogens (tertiary/aromatic N) is 2. The molecule has 0 bridgehead atoms. The molecule has 31 heavy (non-hydrogen) atoms. The van der Waals surface area contributed by atoms with Crippen molar-refractivity contribution in [3.8, 4) is 17.1 Å². The van der Waals surface area contributed by atoms with Crippen molar-refractivity contribution < 1.29 is 14.2 Å². The van der Waals surface area contributed by atoms with Crippen LogP contribution in [-0.4, -0.2) is 49.7 Å². The summed E-state index contributed by atoms with van der Waals surface area (Å²) in [4.78, 5) is 15.3. The van der Waals surface area contributed by atoms with E-state index < -0.39 is 0 Å². The van der Waals surface area contributed by atoms with Crippen LogP contribution in [0.1, 0.15) is 37.3 Å². The molecule has 3 aliphatic heterocycles. The maximum atomic E-state index is 12.8. The summed E-state index contributed by atoms with van der Waals surface area (Å²) < 4.78 is 19.4. The van der Waals surface area contributed by atoms with Crippen molar-refractivity contribution in [2.75, 3.05) is 37.9 Å².